The summed E-state index contributed by atoms with van der Waals surface area (Å²) >= 11 is 1.95. The number of piperidine rings is 1. The topological polar surface area (TPSA) is 29.3 Å². The van der Waals surface area contributed by atoms with E-state index >= 15 is 0 Å². The first-order valence-electron chi connectivity index (χ1n) is 4.94. The molecule has 0 aromatic rings. The minimum Gasteiger partial charge on any atom is -0.329 e. The molecule has 2 saturated heterocycles. The first-order valence-corrected chi connectivity index (χ1v) is 6.09. The molecule has 2 fully saturated rings. The number of halogens is 1. The van der Waals surface area contributed by atoms with Crippen molar-refractivity contribution >= 4 is 11.8 Å². The monoisotopic (exact) mass is 204 g/mol. The van der Waals surface area contributed by atoms with Crippen molar-refractivity contribution in [2.75, 3.05) is 31.1 Å². The molecule has 4 heteroatoms. The number of alkyl halides is 1. The zero-order valence-electron chi connectivity index (χ0n) is 7.84. The number of nitrogens with zero attached hydrogens (tertiary/aromatic N) is 1. The second kappa shape index (κ2) is 3.75. The highest BCUT2D eigenvalue weighted by Gasteiger charge is 2.43. The van der Waals surface area contributed by atoms with Crippen molar-refractivity contribution in [3.63, 3.8) is 0 Å². The molecule has 0 atom stereocenters. The maximum atomic E-state index is 12.9. The fraction of sp³-hybridized carbons (Fsp3) is 1.00. The third kappa shape index (κ3) is 1.72. The highest BCUT2D eigenvalue weighted by Crippen LogP contribution is 2.36. The van der Waals surface area contributed by atoms with E-state index in [1.807, 2.05) is 11.8 Å². The standard InChI is InChI=1S/C9H17FN2S/c10-8-1-3-12(4-2-8)9(5-11)6-13-7-9/h8H,1-7,11H2. The van der Waals surface area contributed by atoms with E-state index in [0.717, 1.165) is 31.1 Å². The number of hydrogen-bond donors (Lipinski definition) is 1. The lowest BCUT2D eigenvalue weighted by Gasteiger charge is -2.51. The largest absolute Gasteiger partial charge is 0.329 e. The van der Waals surface area contributed by atoms with Gasteiger partial charge < -0.3 is 5.73 Å². The second-order valence-electron chi connectivity index (χ2n) is 4.08. The van der Waals surface area contributed by atoms with Gasteiger partial charge in [-0.1, -0.05) is 0 Å². The summed E-state index contributed by atoms with van der Waals surface area (Å²) in [5.74, 6) is 2.28. The van der Waals surface area contributed by atoms with Gasteiger partial charge in [0, 0.05) is 31.1 Å². The van der Waals surface area contributed by atoms with Crippen molar-refractivity contribution in [1.82, 2.24) is 4.90 Å². The predicted octanol–water partition coefficient (Wildman–Crippen LogP) is 0.865. The van der Waals surface area contributed by atoms with Crippen LogP contribution in [0.5, 0.6) is 0 Å². The van der Waals surface area contributed by atoms with Gasteiger partial charge in [0.2, 0.25) is 0 Å². The maximum absolute atomic E-state index is 12.9. The van der Waals surface area contributed by atoms with Crippen molar-refractivity contribution in [2.45, 2.75) is 24.6 Å². The Morgan fingerprint density at radius 1 is 1.38 bits per heavy atom. The van der Waals surface area contributed by atoms with Crippen LogP contribution in [-0.4, -0.2) is 47.8 Å². The first-order chi connectivity index (χ1) is 6.27. The minimum atomic E-state index is -0.571. The third-order valence-corrected chi connectivity index (χ3v) is 4.70. The minimum absolute atomic E-state index is 0.227. The number of hydrogen-bond acceptors (Lipinski definition) is 3. The molecule has 0 aromatic carbocycles. The Kier molecular flexibility index (Phi) is 2.81. The molecule has 0 aromatic heterocycles. The first kappa shape index (κ1) is 9.74. The van der Waals surface area contributed by atoms with Gasteiger partial charge in [0.05, 0.1) is 5.54 Å². The predicted molar refractivity (Wildman–Crippen MR) is 54.8 cm³/mol. The molecular formula is C9H17FN2S. The Morgan fingerprint density at radius 2 is 2.00 bits per heavy atom. The van der Waals surface area contributed by atoms with Crippen LogP contribution in [0, 0.1) is 0 Å². The van der Waals surface area contributed by atoms with Crippen LogP contribution in [-0.2, 0) is 0 Å². The normalized spacial score (nSPS) is 30.0. The number of nitrogens with two attached hydrogens (primary N) is 1. The van der Waals surface area contributed by atoms with Gasteiger partial charge in [0.1, 0.15) is 6.17 Å². The lowest BCUT2D eigenvalue weighted by atomic mass is 9.97. The van der Waals surface area contributed by atoms with Crippen LogP contribution in [0.2, 0.25) is 0 Å². The van der Waals surface area contributed by atoms with Gasteiger partial charge >= 0.3 is 0 Å². The molecule has 0 aliphatic carbocycles. The Bertz CT molecular complexity index is 171. The number of thioether (sulfide) groups is 1. The molecular weight excluding hydrogens is 187 g/mol. The van der Waals surface area contributed by atoms with Crippen LogP contribution >= 0.6 is 11.8 Å². The van der Waals surface area contributed by atoms with E-state index in [-0.39, 0.29) is 5.54 Å². The summed E-state index contributed by atoms with van der Waals surface area (Å²) in [6.45, 7) is 2.54. The van der Waals surface area contributed by atoms with Gasteiger partial charge in [-0.2, -0.15) is 11.8 Å². The Morgan fingerprint density at radius 3 is 2.38 bits per heavy atom. The SMILES string of the molecule is NCC1(N2CCC(F)CC2)CSC1. The Labute approximate surface area is 83.0 Å². The summed E-state index contributed by atoms with van der Waals surface area (Å²) in [5, 5.41) is 0. The molecule has 0 unspecified atom stereocenters. The summed E-state index contributed by atoms with van der Waals surface area (Å²) in [6.07, 6.45) is 0.831. The van der Waals surface area contributed by atoms with Gasteiger partial charge in [-0.3, -0.25) is 4.90 Å². The lowest BCUT2D eigenvalue weighted by Crippen LogP contribution is -2.64. The van der Waals surface area contributed by atoms with E-state index in [4.69, 9.17) is 5.73 Å². The van der Waals surface area contributed by atoms with E-state index in [1.165, 1.54) is 0 Å². The van der Waals surface area contributed by atoms with Crippen LogP contribution in [0.15, 0.2) is 0 Å². The zero-order chi connectivity index (χ0) is 9.31. The maximum Gasteiger partial charge on any atom is 0.103 e. The van der Waals surface area contributed by atoms with Crippen molar-refractivity contribution in [1.29, 1.82) is 0 Å². The number of rotatable bonds is 2. The van der Waals surface area contributed by atoms with E-state index < -0.39 is 6.17 Å². The summed E-state index contributed by atoms with van der Waals surface area (Å²) in [6, 6.07) is 0. The highest BCUT2D eigenvalue weighted by atomic mass is 32.2. The second-order valence-corrected chi connectivity index (χ2v) is 5.07. The Hall–Kier alpha value is 0.200. The molecule has 2 nitrogen and oxygen atoms in total. The van der Waals surface area contributed by atoms with Crippen LogP contribution in [0.25, 0.3) is 0 Å². The van der Waals surface area contributed by atoms with Crippen molar-refractivity contribution in [3.8, 4) is 0 Å². The molecule has 0 saturated carbocycles. The van der Waals surface area contributed by atoms with Crippen LogP contribution in [0.1, 0.15) is 12.8 Å². The van der Waals surface area contributed by atoms with E-state index in [9.17, 15) is 4.39 Å². The molecule has 2 N–H and O–H groups in total. The van der Waals surface area contributed by atoms with Gasteiger partial charge in [-0.05, 0) is 12.8 Å². The van der Waals surface area contributed by atoms with Gasteiger partial charge in [0.25, 0.3) is 0 Å². The number of likely N-dealkylation sites (tertiary alicyclic amines) is 1. The van der Waals surface area contributed by atoms with Gasteiger partial charge in [0.15, 0.2) is 0 Å². The van der Waals surface area contributed by atoms with E-state index in [0.29, 0.717) is 12.8 Å². The van der Waals surface area contributed by atoms with Crippen LogP contribution in [0.4, 0.5) is 4.39 Å². The molecule has 2 aliphatic heterocycles. The van der Waals surface area contributed by atoms with Gasteiger partial charge in [-0.15, -0.1) is 0 Å². The fourth-order valence-corrected chi connectivity index (χ4v) is 3.37. The smallest absolute Gasteiger partial charge is 0.103 e. The van der Waals surface area contributed by atoms with Crippen molar-refractivity contribution < 1.29 is 4.39 Å². The summed E-state index contributed by atoms with van der Waals surface area (Å²) in [4.78, 5) is 2.40. The molecule has 76 valence electrons. The molecule has 13 heavy (non-hydrogen) atoms. The summed E-state index contributed by atoms with van der Waals surface area (Å²) < 4.78 is 12.9. The van der Waals surface area contributed by atoms with Crippen LogP contribution in [0.3, 0.4) is 0 Å². The van der Waals surface area contributed by atoms with Gasteiger partial charge in [-0.25, -0.2) is 4.39 Å². The molecule has 0 bridgehead atoms. The fourth-order valence-electron chi connectivity index (χ4n) is 2.09. The molecule has 2 rings (SSSR count). The molecule has 0 spiro atoms. The average molecular weight is 204 g/mol. The zero-order valence-corrected chi connectivity index (χ0v) is 8.65. The molecule has 2 heterocycles. The quantitative estimate of drug-likeness (QED) is 0.723. The third-order valence-electron chi connectivity index (χ3n) is 3.22. The van der Waals surface area contributed by atoms with E-state index in [1.54, 1.807) is 0 Å². The van der Waals surface area contributed by atoms with E-state index in [2.05, 4.69) is 4.90 Å². The molecule has 0 radical (unpaired) electrons. The average Bonchev–Trinajstić information content (AvgIpc) is 2.07. The summed E-state index contributed by atoms with van der Waals surface area (Å²) in [7, 11) is 0. The summed E-state index contributed by atoms with van der Waals surface area (Å²) in [5.41, 5.74) is 6.01. The van der Waals surface area contributed by atoms with Crippen LogP contribution < -0.4 is 5.73 Å². The highest BCUT2D eigenvalue weighted by molar-refractivity contribution is 8.00. The molecule has 0 amide bonds. The molecule has 2 aliphatic rings. The van der Waals surface area contributed by atoms with Crippen molar-refractivity contribution in [3.05, 3.63) is 0 Å². The lowest BCUT2D eigenvalue weighted by molar-refractivity contribution is 0.0672. The Balaban J connectivity index is 1.92. The van der Waals surface area contributed by atoms with Crippen molar-refractivity contribution in [2.24, 2.45) is 5.73 Å².